The lowest BCUT2D eigenvalue weighted by molar-refractivity contribution is -0.138. The third-order valence-corrected chi connectivity index (χ3v) is 5.17. The van der Waals surface area contributed by atoms with Gasteiger partial charge in [0.2, 0.25) is 5.91 Å². The van der Waals surface area contributed by atoms with Crippen LogP contribution in [-0.4, -0.2) is 39.3 Å². The lowest BCUT2D eigenvalue weighted by Crippen LogP contribution is -2.49. The molecule has 0 unspecified atom stereocenters. The lowest BCUT2D eigenvalue weighted by atomic mass is 9.73. The van der Waals surface area contributed by atoms with Crippen molar-refractivity contribution in [3.63, 3.8) is 0 Å². The average Bonchev–Trinajstić information content (AvgIpc) is 3.00. The topological polar surface area (TPSA) is 65.4 Å². The number of carbonyl (C=O) groups excluding carboxylic acids is 1. The fourth-order valence-corrected chi connectivity index (χ4v) is 3.83. The van der Waals surface area contributed by atoms with Gasteiger partial charge in [-0.3, -0.25) is 4.79 Å². The number of halogens is 3. The van der Waals surface area contributed by atoms with Gasteiger partial charge in [-0.05, 0) is 24.6 Å². The molecule has 2 heterocycles. The maximum absolute atomic E-state index is 12.9. The highest BCUT2D eigenvalue weighted by Gasteiger charge is 2.53. The third-order valence-electron chi connectivity index (χ3n) is 5.17. The number of fused-ring (bicyclic) bond motifs is 1. The Labute approximate surface area is 143 Å². The maximum Gasteiger partial charge on any atom is 0.416 e. The molecule has 1 aromatic rings. The molecule has 0 radical (unpaired) electrons. The van der Waals surface area contributed by atoms with Crippen LogP contribution in [0.4, 0.5) is 18.9 Å². The number of hydrogen-bond donors (Lipinski definition) is 1. The van der Waals surface area contributed by atoms with Gasteiger partial charge in [-0.2, -0.15) is 18.4 Å². The molecule has 0 aromatic heterocycles. The Balaban J connectivity index is 1.96. The zero-order valence-corrected chi connectivity index (χ0v) is 13.7. The molecule has 1 amide bonds. The number of nitrogens with one attached hydrogen (secondary N) is 1. The molecule has 5 nitrogen and oxygen atoms in total. The fraction of sp³-hybridized carbons (Fsp3) is 0.529. The van der Waals surface area contributed by atoms with Crippen molar-refractivity contribution in [1.82, 2.24) is 5.32 Å². The summed E-state index contributed by atoms with van der Waals surface area (Å²) >= 11 is 0. The molecule has 2 fully saturated rings. The molecule has 3 rings (SSSR count). The van der Waals surface area contributed by atoms with Gasteiger partial charge < -0.3 is 15.0 Å². The summed E-state index contributed by atoms with van der Waals surface area (Å²) in [5.41, 5.74) is -1.11. The smallest absolute Gasteiger partial charge is 0.381 e. The molecule has 1 N–H and O–H groups in total. The molecule has 25 heavy (non-hydrogen) atoms. The van der Waals surface area contributed by atoms with Crippen molar-refractivity contribution in [2.24, 2.45) is 11.3 Å². The summed E-state index contributed by atoms with van der Waals surface area (Å²) in [6.07, 6.45) is -3.95. The SMILES string of the molecule is CNC(=O)[C@]12CCOC[C@H]1CN(c1ccc(C(F)(F)F)cc1C#N)C2. The maximum atomic E-state index is 12.9. The predicted octanol–water partition coefficient (Wildman–Crippen LogP) is 2.17. The van der Waals surface area contributed by atoms with Crippen LogP contribution >= 0.6 is 0 Å². The predicted molar refractivity (Wildman–Crippen MR) is 83.8 cm³/mol. The second-order valence-electron chi connectivity index (χ2n) is 6.48. The molecule has 2 atom stereocenters. The van der Waals surface area contributed by atoms with E-state index in [0.29, 0.717) is 38.4 Å². The Morgan fingerprint density at radius 3 is 2.88 bits per heavy atom. The first-order valence-corrected chi connectivity index (χ1v) is 7.98. The minimum atomic E-state index is -4.50. The van der Waals surface area contributed by atoms with E-state index in [2.05, 4.69) is 5.32 Å². The number of rotatable bonds is 2. The number of alkyl halides is 3. The second-order valence-corrected chi connectivity index (χ2v) is 6.48. The zero-order valence-electron chi connectivity index (χ0n) is 13.7. The number of nitrogens with zero attached hydrogens (tertiary/aromatic N) is 2. The van der Waals surface area contributed by atoms with Crippen molar-refractivity contribution in [2.45, 2.75) is 12.6 Å². The standard InChI is InChI=1S/C17H18F3N3O2/c1-22-15(24)16-4-5-25-9-13(16)8-23(10-16)14-3-2-12(17(18,19)20)6-11(14)7-21/h2-3,6,13H,4-5,8-10H2,1H3,(H,22,24)/t13-,16+/m1/s1. The highest BCUT2D eigenvalue weighted by atomic mass is 19.4. The van der Waals surface area contributed by atoms with Gasteiger partial charge in [0.25, 0.3) is 0 Å². The van der Waals surface area contributed by atoms with Gasteiger partial charge >= 0.3 is 6.18 Å². The monoisotopic (exact) mass is 353 g/mol. The summed E-state index contributed by atoms with van der Waals surface area (Å²) < 4.78 is 44.1. The van der Waals surface area contributed by atoms with Gasteiger partial charge in [-0.25, -0.2) is 0 Å². The van der Waals surface area contributed by atoms with Gasteiger partial charge in [-0.1, -0.05) is 0 Å². The largest absolute Gasteiger partial charge is 0.416 e. The highest BCUT2D eigenvalue weighted by Crippen LogP contribution is 2.45. The molecule has 2 aliphatic rings. The van der Waals surface area contributed by atoms with Crippen LogP contribution in [0, 0.1) is 22.7 Å². The van der Waals surface area contributed by atoms with E-state index < -0.39 is 17.2 Å². The van der Waals surface area contributed by atoms with Crippen molar-refractivity contribution in [3.05, 3.63) is 29.3 Å². The van der Waals surface area contributed by atoms with Crippen LogP contribution in [0.25, 0.3) is 0 Å². The van der Waals surface area contributed by atoms with Gasteiger partial charge in [0.1, 0.15) is 6.07 Å². The summed E-state index contributed by atoms with van der Waals surface area (Å²) in [5.74, 6) is -0.149. The minimum Gasteiger partial charge on any atom is -0.381 e. The molecule has 1 aromatic carbocycles. The Hall–Kier alpha value is -2.27. The Morgan fingerprint density at radius 2 is 2.24 bits per heavy atom. The van der Waals surface area contributed by atoms with Crippen LogP contribution in [0.5, 0.6) is 0 Å². The summed E-state index contributed by atoms with van der Waals surface area (Å²) in [4.78, 5) is 14.3. The number of hydrogen-bond acceptors (Lipinski definition) is 4. The fourth-order valence-electron chi connectivity index (χ4n) is 3.83. The van der Waals surface area contributed by atoms with Crippen molar-refractivity contribution >= 4 is 11.6 Å². The first kappa shape index (κ1) is 17.5. The zero-order chi connectivity index (χ0) is 18.2. The lowest BCUT2D eigenvalue weighted by Gasteiger charge is -2.36. The van der Waals surface area contributed by atoms with Gasteiger partial charge in [0.15, 0.2) is 0 Å². The summed E-state index contributed by atoms with van der Waals surface area (Å²) in [7, 11) is 1.57. The van der Waals surface area contributed by atoms with E-state index >= 15 is 0 Å². The molecule has 134 valence electrons. The molecule has 2 saturated heterocycles. The molecular formula is C17H18F3N3O2. The van der Waals surface area contributed by atoms with E-state index in [1.165, 1.54) is 6.07 Å². The van der Waals surface area contributed by atoms with Crippen molar-refractivity contribution in [3.8, 4) is 6.07 Å². The third kappa shape index (κ3) is 2.93. The van der Waals surface area contributed by atoms with E-state index in [1.807, 2.05) is 11.0 Å². The van der Waals surface area contributed by atoms with Crippen LogP contribution in [0.1, 0.15) is 17.5 Å². The molecule has 0 spiro atoms. The summed E-state index contributed by atoms with van der Waals surface area (Å²) in [6.45, 7) is 1.72. The molecule has 8 heteroatoms. The summed E-state index contributed by atoms with van der Waals surface area (Å²) in [6, 6.07) is 5.00. The van der Waals surface area contributed by atoms with Gasteiger partial charge in [0.05, 0.1) is 28.8 Å². The molecule has 0 saturated carbocycles. The van der Waals surface area contributed by atoms with E-state index in [-0.39, 0.29) is 17.4 Å². The Kier molecular flexibility index (Phi) is 4.37. The first-order valence-electron chi connectivity index (χ1n) is 7.98. The van der Waals surface area contributed by atoms with Crippen LogP contribution < -0.4 is 10.2 Å². The van der Waals surface area contributed by atoms with Gasteiger partial charge in [-0.15, -0.1) is 0 Å². The van der Waals surface area contributed by atoms with E-state index in [1.54, 1.807) is 7.05 Å². The van der Waals surface area contributed by atoms with E-state index in [9.17, 15) is 23.2 Å². The molecule has 2 aliphatic heterocycles. The highest BCUT2D eigenvalue weighted by molar-refractivity contribution is 5.85. The van der Waals surface area contributed by atoms with Crippen molar-refractivity contribution in [1.29, 1.82) is 5.26 Å². The summed E-state index contributed by atoms with van der Waals surface area (Å²) in [5, 5.41) is 12.0. The van der Waals surface area contributed by atoms with Crippen LogP contribution in [0.2, 0.25) is 0 Å². The van der Waals surface area contributed by atoms with E-state index in [4.69, 9.17) is 4.74 Å². The number of carbonyl (C=O) groups is 1. The molecule has 0 aliphatic carbocycles. The molecule has 0 bridgehead atoms. The number of amides is 1. The van der Waals surface area contributed by atoms with Crippen molar-refractivity contribution < 1.29 is 22.7 Å². The van der Waals surface area contributed by atoms with Crippen LogP contribution in [0.15, 0.2) is 18.2 Å². The van der Waals surface area contributed by atoms with Crippen molar-refractivity contribution in [2.75, 3.05) is 38.3 Å². The Bertz CT molecular complexity index is 729. The quantitative estimate of drug-likeness (QED) is 0.885. The molecular weight excluding hydrogens is 335 g/mol. The normalized spacial score (nSPS) is 26.0. The van der Waals surface area contributed by atoms with Gasteiger partial charge in [0, 0.05) is 32.7 Å². The first-order chi connectivity index (χ1) is 11.8. The second kappa shape index (κ2) is 6.23. The minimum absolute atomic E-state index is 0.0403. The number of benzene rings is 1. The van der Waals surface area contributed by atoms with E-state index in [0.717, 1.165) is 12.1 Å². The number of ether oxygens (including phenoxy) is 1. The average molecular weight is 353 g/mol. The van der Waals surface area contributed by atoms with Crippen LogP contribution in [-0.2, 0) is 15.7 Å². The van der Waals surface area contributed by atoms with Crippen LogP contribution in [0.3, 0.4) is 0 Å². The number of anilines is 1. The Morgan fingerprint density at radius 1 is 1.48 bits per heavy atom. The number of nitriles is 1.